The third kappa shape index (κ3) is 3.48. The summed E-state index contributed by atoms with van der Waals surface area (Å²) in [7, 11) is -1.62. The Morgan fingerprint density at radius 2 is 2.00 bits per heavy atom. The van der Waals surface area contributed by atoms with Gasteiger partial charge in [-0.3, -0.25) is 0 Å². The summed E-state index contributed by atoms with van der Waals surface area (Å²) in [6.07, 6.45) is 4.20. The van der Waals surface area contributed by atoms with Crippen molar-refractivity contribution in [3.05, 3.63) is 23.8 Å². The van der Waals surface area contributed by atoms with Crippen molar-refractivity contribution in [2.24, 2.45) is 5.92 Å². The lowest BCUT2D eigenvalue weighted by Crippen LogP contribution is -2.29. The number of piperidine rings is 1. The molecule has 106 valence electrons. The normalized spacial score (nSPS) is 17.4. The lowest BCUT2D eigenvalue weighted by atomic mass is 9.90. The molecular weight excluding hydrogens is 262 g/mol. The molecule has 1 aliphatic rings. The topological polar surface area (TPSA) is 55.4 Å². The second-order valence-electron chi connectivity index (χ2n) is 5.11. The first-order chi connectivity index (χ1) is 9.02. The van der Waals surface area contributed by atoms with Crippen LogP contribution in [0.25, 0.3) is 0 Å². The molecule has 0 bridgehead atoms. The minimum absolute atomic E-state index is 0.408. The van der Waals surface area contributed by atoms with Gasteiger partial charge in [0, 0.05) is 11.8 Å². The molecule has 1 fully saturated rings. The predicted molar refractivity (Wildman–Crippen MR) is 75.4 cm³/mol. The second kappa shape index (κ2) is 5.92. The Balaban J connectivity index is 2.35. The maximum absolute atomic E-state index is 11.9. The summed E-state index contributed by atoms with van der Waals surface area (Å²) < 4.78 is 29.1. The zero-order chi connectivity index (χ0) is 13.9. The van der Waals surface area contributed by atoms with Crippen LogP contribution in [-0.2, 0) is 16.3 Å². The van der Waals surface area contributed by atoms with Crippen LogP contribution in [0.1, 0.15) is 18.4 Å². The van der Waals surface area contributed by atoms with Gasteiger partial charge in [-0.15, -0.1) is 0 Å². The summed E-state index contributed by atoms with van der Waals surface area (Å²) >= 11 is 0. The van der Waals surface area contributed by atoms with Gasteiger partial charge in [-0.1, -0.05) is 6.07 Å². The molecule has 0 unspecified atom stereocenters. The first-order valence-electron chi connectivity index (χ1n) is 6.59. The van der Waals surface area contributed by atoms with Gasteiger partial charge in [-0.2, -0.15) is 0 Å². The molecule has 0 atom stereocenters. The van der Waals surface area contributed by atoms with Crippen LogP contribution in [0.15, 0.2) is 23.1 Å². The number of sulfone groups is 1. The summed E-state index contributed by atoms with van der Waals surface area (Å²) in [6.45, 7) is 2.02. The van der Waals surface area contributed by atoms with Crippen molar-refractivity contribution in [3.8, 4) is 5.75 Å². The lowest BCUT2D eigenvalue weighted by Gasteiger charge is -2.24. The quantitative estimate of drug-likeness (QED) is 0.912. The Labute approximate surface area is 115 Å². The number of rotatable bonds is 4. The van der Waals surface area contributed by atoms with E-state index in [2.05, 4.69) is 5.32 Å². The molecular formula is C14H21NO3S. The van der Waals surface area contributed by atoms with E-state index in [9.17, 15) is 8.42 Å². The van der Waals surface area contributed by atoms with E-state index >= 15 is 0 Å². The molecule has 4 nitrogen and oxygen atoms in total. The number of methoxy groups -OCH3 is 1. The number of ether oxygens (including phenoxy) is 1. The highest BCUT2D eigenvalue weighted by atomic mass is 32.2. The van der Waals surface area contributed by atoms with E-state index in [0.717, 1.165) is 37.9 Å². The monoisotopic (exact) mass is 283 g/mol. The Hall–Kier alpha value is -1.07. The second-order valence-corrected chi connectivity index (χ2v) is 7.09. The minimum Gasteiger partial charge on any atom is -0.496 e. The summed E-state index contributed by atoms with van der Waals surface area (Å²) in [5.74, 6) is 1.21. The molecule has 1 heterocycles. The van der Waals surface area contributed by atoms with Gasteiger partial charge in [0.1, 0.15) is 5.75 Å². The number of benzene rings is 1. The average molecular weight is 283 g/mol. The van der Waals surface area contributed by atoms with Gasteiger partial charge in [0.05, 0.1) is 12.0 Å². The molecule has 1 aromatic rings. The summed E-state index contributed by atoms with van der Waals surface area (Å²) in [4.78, 5) is 0.408. The minimum atomic E-state index is -3.21. The maximum atomic E-state index is 11.9. The van der Waals surface area contributed by atoms with Crippen molar-refractivity contribution < 1.29 is 13.2 Å². The van der Waals surface area contributed by atoms with Crippen LogP contribution in [0.4, 0.5) is 0 Å². The van der Waals surface area contributed by atoms with E-state index in [-0.39, 0.29) is 0 Å². The molecule has 0 amide bonds. The Morgan fingerprint density at radius 1 is 1.32 bits per heavy atom. The van der Waals surface area contributed by atoms with Gasteiger partial charge in [-0.05, 0) is 50.4 Å². The first-order valence-corrected chi connectivity index (χ1v) is 8.48. The van der Waals surface area contributed by atoms with Crippen molar-refractivity contribution in [3.63, 3.8) is 0 Å². The van der Waals surface area contributed by atoms with Crippen molar-refractivity contribution in [1.82, 2.24) is 5.32 Å². The fraction of sp³-hybridized carbons (Fsp3) is 0.571. The number of nitrogens with one attached hydrogen (secondary N) is 1. The summed E-state index contributed by atoms with van der Waals surface area (Å²) in [5.41, 5.74) is 0.833. The summed E-state index contributed by atoms with van der Waals surface area (Å²) in [6, 6.07) is 5.25. The molecule has 0 radical (unpaired) electrons. The maximum Gasteiger partial charge on any atom is 0.175 e. The fourth-order valence-electron chi connectivity index (χ4n) is 2.66. The van der Waals surface area contributed by atoms with E-state index < -0.39 is 9.84 Å². The molecule has 5 heteroatoms. The molecule has 0 spiro atoms. The van der Waals surface area contributed by atoms with Crippen LogP contribution in [0.3, 0.4) is 0 Å². The highest BCUT2D eigenvalue weighted by Gasteiger charge is 2.21. The Bertz CT molecular complexity index is 534. The van der Waals surface area contributed by atoms with Gasteiger partial charge in [0.25, 0.3) is 0 Å². The van der Waals surface area contributed by atoms with E-state index in [1.807, 2.05) is 6.07 Å². The lowest BCUT2D eigenvalue weighted by molar-refractivity contribution is 0.358. The van der Waals surface area contributed by atoms with Crippen LogP contribution < -0.4 is 10.1 Å². The fourth-order valence-corrected chi connectivity index (χ4v) is 3.62. The Kier molecular flexibility index (Phi) is 4.47. The molecule has 1 aromatic carbocycles. The molecule has 0 aromatic heterocycles. The van der Waals surface area contributed by atoms with Crippen molar-refractivity contribution >= 4 is 9.84 Å². The molecule has 1 saturated heterocycles. The van der Waals surface area contributed by atoms with E-state index in [1.165, 1.54) is 6.26 Å². The molecule has 1 N–H and O–H groups in total. The third-order valence-corrected chi connectivity index (χ3v) is 4.84. The van der Waals surface area contributed by atoms with Gasteiger partial charge in [-0.25, -0.2) is 8.42 Å². The van der Waals surface area contributed by atoms with Gasteiger partial charge in [0.2, 0.25) is 0 Å². The van der Waals surface area contributed by atoms with Crippen LogP contribution in [0, 0.1) is 5.92 Å². The standard InChI is InChI=1S/C14H21NO3S/c1-18-13-4-3-5-14(19(2,16)17)12(13)10-11-6-8-15-9-7-11/h3-5,11,15H,6-10H2,1-2H3. The smallest absolute Gasteiger partial charge is 0.175 e. The zero-order valence-electron chi connectivity index (χ0n) is 11.5. The van der Waals surface area contributed by atoms with E-state index in [1.54, 1.807) is 19.2 Å². The third-order valence-electron chi connectivity index (χ3n) is 3.66. The average Bonchev–Trinajstić information content (AvgIpc) is 2.39. The van der Waals surface area contributed by atoms with Gasteiger partial charge >= 0.3 is 0 Å². The van der Waals surface area contributed by atoms with Crippen LogP contribution in [0.5, 0.6) is 5.75 Å². The van der Waals surface area contributed by atoms with Gasteiger partial charge < -0.3 is 10.1 Å². The SMILES string of the molecule is COc1cccc(S(C)(=O)=O)c1CC1CCNCC1. The molecule has 2 rings (SSSR count). The van der Waals surface area contributed by atoms with E-state index in [0.29, 0.717) is 16.6 Å². The molecule has 19 heavy (non-hydrogen) atoms. The highest BCUT2D eigenvalue weighted by molar-refractivity contribution is 7.90. The molecule has 0 aliphatic carbocycles. The van der Waals surface area contributed by atoms with Crippen molar-refractivity contribution in [2.45, 2.75) is 24.2 Å². The molecule has 1 aliphatic heterocycles. The molecule has 0 saturated carbocycles. The number of hydrogen-bond acceptors (Lipinski definition) is 4. The largest absolute Gasteiger partial charge is 0.496 e. The highest BCUT2D eigenvalue weighted by Crippen LogP contribution is 2.30. The first kappa shape index (κ1) is 14.3. The van der Waals surface area contributed by atoms with Gasteiger partial charge in [0.15, 0.2) is 9.84 Å². The van der Waals surface area contributed by atoms with Crippen molar-refractivity contribution in [1.29, 1.82) is 0 Å². The predicted octanol–water partition coefficient (Wildman–Crippen LogP) is 1.64. The van der Waals surface area contributed by atoms with Crippen LogP contribution in [0.2, 0.25) is 0 Å². The van der Waals surface area contributed by atoms with Crippen LogP contribution >= 0.6 is 0 Å². The van der Waals surface area contributed by atoms with E-state index in [4.69, 9.17) is 4.74 Å². The number of hydrogen-bond donors (Lipinski definition) is 1. The van der Waals surface area contributed by atoms with Crippen molar-refractivity contribution in [2.75, 3.05) is 26.5 Å². The Morgan fingerprint density at radius 3 is 2.58 bits per heavy atom. The zero-order valence-corrected chi connectivity index (χ0v) is 12.3. The summed E-state index contributed by atoms with van der Waals surface area (Å²) in [5, 5.41) is 3.32. The van der Waals surface area contributed by atoms with Crippen LogP contribution in [-0.4, -0.2) is 34.9 Å².